The lowest BCUT2D eigenvalue weighted by Gasteiger charge is -2.63. The van der Waals surface area contributed by atoms with Crippen molar-refractivity contribution < 1.29 is 28.9 Å². The summed E-state index contributed by atoms with van der Waals surface area (Å²) in [5, 5.41) is 12.5. The number of nitrogens with zero attached hydrogens (tertiary/aromatic N) is 2. The molecular formula is C25H31BrN2O6. The number of hydrogen-bond acceptors (Lipinski definition) is 8. The molecule has 0 radical (unpaired) electrons. The summed E-state index contributed by atoms with van der Waals surface area (Å²) < 4.78 is 17.5. The van der Waals surface area contributed by atoms with Gasteiger partial charge in [0.05, 0.1) is 24.7 Å². The zero-order valence-corrected chi connectivity index (χ0v) is 21.7. The SMILES string of the molecule is CC[C@]12C=CCN3CC[C@@]4(c5cc(Br)c(OC)cc5N(C)[C@H]4[C@@](O)(C(=O)OC)[C@@H]1OC(C)=O)[C@@H]32. The Hall–Kier alpha value is -2.10. The predicted molar refractivity (Wildman–Crippen MR) is 129 cm³/mol. The van der Waals surface area contributed by atoms with Crippen molar-refractivity contribution in [2.24, 2.45) is 5.41 Å². The summed E-state index contributed by atoms with van der Waals surface area (Å²) >= 11 is 3.65. The topological polar surface area (TPSA) is 88.5 Å². The van der Waals surface area contributed by atoms with Gasteiger partial charge in [-0.2, -0.15) is 0 Å². The first-order chi connectivity index (χ1) is 16.1. The first kappa shape index (κ1) is 23.6. The molecule has 34 heavy (non-hydrogen) atoms. The predicted octanol–water partition coefficient (Wildman–Crippen LogP) is 2.40. The summed E-state index contributed by atoms with van der Waals surface area (Å²) in [5.41, 5.74) is -1.54. The van der Waals surface area contributed by atoms with Crippen LogP contribution in [0.1, 0.15) is 32.3 Å². The van der Waals surface area contributed by atoms with E-state index in [2.05, 4.69) is 39.0 Å². The largest absolute Gasteiger partial charge is 0.495 e. The molecule has 0 aromatic heterocycles. The van der Waals surface area contributed by atoms with Crippen LogP contribution in [-0.2, 0) is 24.5 Å². The molecule has 5 rings (SSSR count). The number of methoxy groups -OCH3 is 2. The van der Waals surface area contributed by atoms with Gasteiger partial charge < -0.3 is 24.2 Å². The van der Waals surface area contributed by atoms with Gasteiger partial charge in [-0.15, -0.1) is 0 Å². The second-order valence-corrected chi connectivity index (χ2v) is 10.7. The molecule has 1 saturated heterocycles. The molecule has 0 bridgehead atoms. The van der Waals surface area contributed by atoms with Crippen LogP contribution < -0.4 is 9.64 Å². The Bertz CT molecular complexity index is 1090. The van der Waals surface area contributed by atoms with Gasteiger partial charge in [-0.1, -0.05) is 19.1 Å². The molecule has 2 fully saturated rings. The number of likely N-dealkylation sites (N-methyl/N-ethyl adjacent to an activating group) is 1. The Morgan fingerprint density at radius 3 is 2.62 bits per heavy atom. The number of carbonyl (C=O) groups is 2. The van der Waals surface area contributed by atoms with Crippen LogP contribution in [0.15, 0.2) is 28.8 Å². The first-order valence-corrected chi connectivity index (χ1v) is 12.4. The average Bonchev–Trinajstić information content (AvgIpc) is 3.32. The van der Waals surface area contributed by atoms with Gasteiger partial charge in [-0.3, -0.25) is 9.69 Å². The van der Waals surface area contributed by atoms with Gasteiger partial charge in [0.2, 0.25) is 5.60 Å². The minimum Gasteiger partial charge on any atom is -0.495 e. The number of ether oxygens (including phenoxy) is 3. The van der Waals surface area contributed by atoms with Crippen LogP contribution in [0.2, 0.25) is 0 Å². The molecule has 1 saturated carbocycles. The molecule has 1 N–H and O–H groups in total. The van der Waals surface area contributed by atoms with Crippen LogP contribution in [0.5, 0.6) is 5.75 Å². The van der Waals surface area contributed by atoms with Gasteiger partial charge in [-0.25, -0.2) is 4.79 Å². The highest BCUT2D eigenvalue weighted by molar-refractivity contribution is 9.10. The lowest BCUT2D eigenvalue weighted by atomic mass is 9.47. The van der Waals surface area contributed by atoms with Gasteiger partial charge in [0.25, 0.3) is 0 Å². The maximum Gasteiger partial charge on any atom is 0.344 e. The monoisotopic (exact) mass is 534 g/mol. The molecule has 3 aliphatic heterocycles. The summed E-state index contributed by atoms with van der Waals surface area (Å²) in [6.45, 7) is 4.91. The fraction of sp³-hybridized carbons (Fsp3) is 0.600. The molecule has 1 aromatic rings. The number of esters is 2. The third kappa shape index (κ3) is 2.61. The van der Waals surface area contributed by atoms with Crippen molar-refractivity contribution in [3.8, 4) is 5.75 Å². The van der Waals surface area contributed by atoms with E-state index in [4.69, 9.17) is 14.2 Å². The van der Waals surface area contributed by atoms with Gasteiger partial charge in [-0.05, 0) is 46.9 Å². The second-order valence-electron chi connectivity index (χ2n) is 9.88. The Balaban J connectivity index is 1.88. The Morgan fingerprint density at radius 1 is 1.26 bits per heavy atom. The van der Waals surface area contributed by atoms with Crippen molar-refractivity contribution in [1.82, 2.24) is 4.90 Å². The third-order valence-electron chi connectivity index (χ3n) is 8.68. The number of benzene rings is 1. The highest BCUT2D eigenvalue weighted by atomic mass is 79.9. The van der Waals surface area contributed by atoms with Gasteiger partial charge in [0.1, 0.15) is 5.75 Å². The lowest BCUT2D eigenvalue weighted by molar-refractivity contribution is -0.228. The molecular weight excluding hydrogens is 504 g/mol. The molecule has 9 heteroatoms. The molecule has 3 heterocycles. The highest BCUT2D eigenvalue weighted by Crippen LogP contribution is 2.67. The number of halogens is 1. The number of hydrogen-bond donors (Lipinski definition) is 1. The van der Waals surface area contributed by atoms with Crippen LogP contribution in [0, 0.1) is 5.41 Å². The zero-order chi connectivity index (χ0) is 24.6. The molecule has 8 nitrogen and oxygen atoms in total. The molecule has 6 atom stereocenters. The molecule has 0 amide bonds. The zero-order valence-electron chi connectivity index (χ0n) is 20.1. The van der Waals surface area contributed by atoms with Crippen molar-refractivity contribution in [2.75, 3.05) is 39.3 Å². The van der Waals surface area contributed by atoms with Crippen LogP contribution in [-0.4, -0.2) is 80.1 Å². The molecule has 184 valence electrons. The fourth-order valence-corrected chi connectivity index (χ4v) is 8.22. The maximum absolute atomic E-state index is 13.6. The van der Waals surface area contributed by atoms with Crippen molar-refractivity contribution in [2.45, 2.75) is 55.9 Å². The summed E-state index contributed by atoms with van der Waals surface area (Å²) in [7, 11) is 4.76. The van der Waals surface area contributed by atoms with Crippen molar-refractivity contribution in [3.05, 3.63) is 34.3 Å². The van der Waals surface area contributed by atoms with E-state index in [0.717, 1.165) is 35.2 Å². The number of rotatable bonds is 4. The quantitative estimate of drug-likeness (QED) is 0.465. The van der Waals surface area contributed by atoms with Crippen molar-refractivity contribution in [1.29, 1.82) is 0 Å². The van der Waals surface area contributed by atoms with Gasteiger partial charge >= 0.3 is 11.9 Å². The number of aliphatic hydroxyl groups is 1. The summed E-state index contributed by atoms with van der Waals surface area (Å²) in [5.74, 6) is -0.671. The van der Waals surface area contributed by atoms with Crippen molar-refractivity contribution in [3.63, 3.8) is 0 Å². The van der Waals surface area contributed by atoms with E-state index in [1.54, 1.807) is 7.11 Å². The maximum atomic E-state index is 13.6. The normalized spacial score (nSPS) is 37.6. The van der Waals surface area contributed by atoms with E-state index in [1.807, 2.05) is 24.9 Å². The minimum absolute atomic E-state index is 0.0849. The Morgan fingerprint density at radius 2 is 2.00 bits per heavy atom. The lowest BCUT2D eigenvalue weighted by Crippen LogP contribution is -2.81. The molecule has 1 aromatic carbocycles. The van der Waals surface area contributed by atoms with Crippen LogP contribution in [0.4, 0.5) is 5.69 Å². The van der Waals surface area contributed by atoms with Gasteiger partial charge in [0, 0.05) is 49.1 Å². The second kappa shape index (κ2) is 7.70. The highest BCUT2D eigenvalue weighted by Gasteiger charge is 2.80. The standard InChI is InChI=1S/C25H31BrN2O6/c1-6-23-8-7-10-28-11-9-24(19(23)28)15-12-16(26)18(32-4)13-17(15)27(3)20(24)25(31,22(30)33-5)21(23)34-14(2)29/h7-8,12-13,19-21,31H,6,9-11H2,1-5H3/t19-,20+,21+,23+,24+,25-/m0/s1. The number of fused-ring (bicyclic) bond motifs is 1. The van der Waals surface area contributed by atoms with Crippen LogP contribution in [0.3, 0.4) is 0 Å². The van der Waals surface area contributed by atoms with E-state index >= 15 is 0 Å². The van der Waals surface area contributed by atoms with E-state index < -0.39 is 40.5 Å². The Labute approximate surface area is 207 Å². The summed E-state index contributed by atoms with van der Waals surface area (Å²) in [4.78, 5) is 30.3. The summed E-state index contributed by atoms with van der Waals surface area (Å²) in [6.07, 6.45) is 4.34. The average molecular weight is 535 g/mol. The molecule has 0 unspecified atom stereocenters. The number of carbonyl (C=O) groups excluding carboxylic acids is 2. The van der Waals surface area contributed by atoms with Gasteiger partial charge in [0.15, 0.2) is 6.10 Å². The van der Waals surface area contributed by atoms with Crippen molar-refractivity contribution >= 4 is 33.6 Å². The molecule has 1 spiro atoms. The van der Waals surface area contributed by atoms with Crippen LogP contribution in [0.25, 0.3) is 0 Å². The van der Waals surface area contributed by atoms with Crippen LogP contribution >= 0.6 is 15.9 Å². The van der Waals surface area contributed by atoms with E-state index in [9.17, 15) is 14.7 Å². The molecule has 4 aliphatic rings. The number of anilines is 1. The van der Waals surface area contributed by atoms with E-state index in [0.29, 0.717) is 12.2 Å². The fourth-order valence-electron chi connectivity index (χ4n) is 7.71. The Kier molecular flexibility index (Phi) is 5.35. The smallest absolute Gasteiger partial charge is 0.344 e. The molecule has 1 aliphatic carbocycles. The van der Waals surface area contributed by atoms with E-state index in [1.165, 1.54) is 14.0 Å². The third-order valence-corrected chi connectivity index (χ3v) is 9.30. The minimum atomic E-state index is -2.10. The van der Waals surface area contributed by atoms with E-state index in [-0.39, 0.29) is 6.04 Å². The first-order valence-electron chi connectivity index (χ1n) is 11.6. The summed E-state index contributed by atoms with van der Waals surface area (Å²) in [6, 6.07) is 3.22.